The quantitative estimate of drug-likeness (QED) is 0.560. The van der Waals surface area contributed by atoms with Crippen LogP contribution < -0.4 is 14.9 Å². The summed E-state index contributed by atoms with van der Waals surface area (Å²) >= 11 is 5.50. The molecular formula is C17H20ClF3N6O3S. The minimum absolute atomic E-state index is 0.126. The van der Waals surface area contributed by atoms with Crippen LogP contribution in [0, 0.1) is 0 Å². The lowest BCUT2D eigenvalue weighted by molar-refractivity contribution is -0.137. The lowest BCUT2D eigenvalue weighted by Crippen LogP contribution is -2.30. The molecule has 3 N–H and O–H groups in total. The van der Waals surface area contributed by atoms with E-state index in [9.17, 15) is 26.4 Å². The first-order valence-corrected chi connectivity index (χ1v) is 11.3. The SMILES string of the molecule is O=C(CCNS(=O)(=O)c1ccc(Cl)c(C(F)(F)F)c1)Nc1nc(N2CCCCC2)n[nH]1. The zero-order valence-electron chi connectivity index (χ0n) is 16.2. The van der Waals surface area contributed by atoms with Crippen LogP contribution in [0.4, 0.5) is 25.1 Å². The Hall–Kier alpha value is -2.38. The summed E-state index contributed by atoms with van der Waals surface area (Å²) in [7, 11) is -4.27. The number of aromatic amines is 1. The Morgan fingerprint density at radius 3 is 2.61 bits per heavy atom. The zero-order chi connectivity index (χ0) is 22.6. The summed E-state index contributed by atoms with van der Waals surface area (Å²) in [5.41, 5.74) is -1.26. The van der Waals surface area contributed by atoms with Crippen molar-refractivity contribution in [1.29, 1.82) is 0 Å². The van der Waals surface area contributed by atoms with Crippen molar-refractivity contribution in [3.8, 4) is 0 Å². The third kappa shape index (κ3) is 6.08. The van der Waals surface area contributed by atoms with Gasteiger partial charge >= 0.3 is 6.18 Å². The molecule has 1 amide bonds. The highest BCUT2D eigenvalue weighted by molar-refractivity contribution is 7.89. The van der Waals surface area contributed by atoms with E-state index in [0.717, 1.165) is 44.5 Å². The van der Waals surface area contributed by atoms with Gasteiger partial charge < -0.3 is 4.90 Å². The van der Waals surface area contributed by atoms with Crippen molar-refractivity contribution in [3.63, 3.8) is 0 Å². The number of sulfonamides is 1. The number of carbonyl (C=O) groups excluding carboxylic acids is 1. The molecular weight excluding hydrogens is 461 g/mol. The molecule has 0 saturated carbocycles. The highest BCUT2D eigenvalue weighted by atomic mass is 35.5. The molecule has 2 aromatic rings. The third-order valence-electron chi connectivity index (χ3n) is 4.57. The highest BCUT2D eigenvalue weighted by Gasteiger charge is 2.34. The van der Waals surface area contributed by atoms with Gasteiger partial charge in [0, 0.05) is 26.1 Å². The molecule has 0 bridgehead atoms. The molecule has 0 aliphatic carbocycles. The summed E-state index contributed by atoms with van der Waals surface area (Å²) in [6.45, 7) is 1.33. The number of carbonyl (C=O) groups is 1. The average molecular weight is 481 g/mol. The predicted octanol–water partition coefficient (Wildman–Crippen LogP) is 2.77. The van der Waals surface area contributed by atoms with Gasteiger partial charge in [-0.15, -0.1) is 5.10 Å². The second kappa shape index (κ2) is 9.40. The number of halogens is 4. The van der Waals surface area contributed by atoms with Crippen LogP contribution in [0.15, 0.2) is 23.1 Å². The maximum absolute atomic E-state index is 12.9. The number of piperidine rings is 1. The zero-order valence-corrected chi connectivity index (χ0v) is 17.7. The van der Waals surface area contributed by atoms with Crippen LogP contribution in [0.1, 0.15) is 31.2 Å². The number of anilines is 2. The number of aromatic nitrogens is 3. The second-order valence-corrected chi connectivity index (χ2v) is 9.04. The summed E-state index contributed by atoms with van der Waals surface area (Å²) in [6, 6.07) is 2.26. The van der Waals surface area contributed by atoms with E-state index >= 15 is 0 Å². The summed E-state index contributed by atoms with van der Waals surface area (Å²) in [6.07, 6.45) is -1.85. The van der Waals surface area contributed by atoms with Crippen molar-refractivity contribution in [2.45, 2.75) is 36.8 Å². The molecule has 0 radical (unpaired) electrons. The monoisotopic (exact) mass is 480 g/mol. The standard InChI is InChI=1S/C17H20ClF3N6O3S/c18-13-5-4-11(10-12(13)17(19,20)21)31(29,30)22-7-6-14(28)23-15-24-16(26-25-15)27-8-2-1-3-9-27/h4-5,10,22H,1-3,6-9H2,(H2,23,24,25,26,28). The molecule has 0 unspecified atom stereocenters. The van der Waals surface area contributed by atoms with Gasteiger partial charge in [-0.1, -0.05) is 11.6 Å². The average Bonchev–Trinajstić information content (AvgIpc) is 3.16. The highest BCUT2D eigenvalue weighted by Crippen LogP contribution is 2.35. The Kier molecular flexibility index (Phi) is 7.06. The van der Waals surface area contributed by atoms with E-state index in [0.29, 0.717) is 12.0 Å². The Morgan fingerprint density at radius 1 is 1.23 bits per heavy atom. The van der Waals surface area contributed by atoms with Gasteiger partial charge in [0.2, 0.25) is 27.8 Å². The van der Waals surface area contributed by atoms with Crippen LogP contribution >= 0.6 is 11.6 Å². The molecule has 9 nitrogen and oxygen atoms in total. The minimum atomic E-state index is -4.80. The molecule has 1 fully saturated rings. The van der Waals surface area contributed by atoms with Crippen LogP contribution in [-0.2, 0) is 21.0 Å². The molecule has 1 aromatic heterocycles. The molecule has 1 aromatic carbocycles. The van der Waals surface area contributed by atoms with Crippen molar-refractivity contribution >= 4 is 39.4 Å². The van der Waals surface area contributed by atoms with Gasteiger partial charge in [0.05, 0.1) is 15.5 Å². The van der Waals surface area contributed by atoms with Gasteiger partial charge in [-0.25, -0.2) is 18.2 Å². The van der Waals surface area contributed by atoms with Crippen molar-refractivity contribution in [3.05, 3.63) is 28.8 Å². The number of nitrogens with one attached hydrogen (secondary N) is 3. The summed E-state index contributed by atoms with van der Waals surface area (Å²) in [5.74, 6) is 0.0518. The van der Waals surface area contributed by atoms with Gasteiger partial charge in [0.1, 0.15) is 0 Å². The molecule has 1 saturated heterocycles. The van der Waals surface area contributed by atoms with E-state index in [4.69, 9.17) is 11.6 Å². The summed E-state index contributed by atoms with van der Waals surface area (Å²) < 4.78 is 65.4. The maximum Gasteiger partial charge on any atom is 0.417 e. The largest absolute Gasteiger partial charge is 0.417 e. The molecule has 0 spiro atoms. The fourth-order valence-electron chi connectivity index (χ4n) is 3.01. The number of benzene rings is 1. The Bertz CT molecular complexity index is 1040. The van der Waals surface area contributed by atoms with Gasteiger partial charge in [0.15, 0.2) is 0 Å². The van der Waals surface area contributed by atoms with Crippen LogP contribution in [0.5, 0.6) is 0 Å². The van der Waals surface area contributed by atoms with Crippen molar-refractivity contribution in [2.24, 2.45) is 0 Å². The Balaban J connectivity index is 1.54. The van der Waals surface area contributed by atoms with E-state index in [1.807, 2.05) is 4.90 Å². The smallest absolute Gasteiger partial charge is 0.340 e. The second-order valence-electron chi connectivity index (χ2n) is 6.87. The molecule has 2 heterocycles. The molecule has 3 rings (SSSR count). The van der Waals surface area contributed by atoms with E-state index in [1.165, 1.54) is 0 Å². The van der Waals surface area contributed by atoms with Crippen LogP contribution in [0.25, 0.3) is 0 Å². The van der Waals surface area contributed by atoms with Crippen molar-refractivity contribution in [2.75, 3.05) is 29.9 Å². The molecule has 14 heteroatoms. The molecule has 31 heavy (non-hydrogen) atoms. The summed E-state index contributed by atoms with van der Waals surface area (Å²) in [5, 5.41) is 8.51. The van der Waals surface area contributed by atoms with E-state index in [-0.39, 0.29) is 18.9 Å². The van der Waals surface area contributed by atoms with Gasteiger partial charge in [-0.3, -0.25) is 10.1 Å². The normalized spacial score (nSPS) is 15.2. The van der Waals surface area contributed by atoms with Gasteiger partial charge in [0.25, 0.3) is 0 Å². The fraction of sp³-hybridized carbons (Fsp3) is 0.471. The van der Waals surface area contributed by atoms with E-state index < -0.39 is 37.6 Å². The van der Waals surface area contributed by atoms with E-state index in [1.54, 1.807) is 0 Å². The number of hydrogen-bond donors (Lipinski definition) is 3. The predicted molar refractivity (Wildman–Crippen MR) is 107 cm³/mol. The third-order valence-corrected chi connectivity index (χ3v) is 6.36. The lowest BCUT2D eigenvalue weighted by Gasteiger charge is -2.24. The number of amides is 1. The van der Waals surface area contributed by atoms with Crippen LogP contribution in [-0.4, -0.2) is 49.1 Å². The summed E-state index contributed by atoms with van der Waals surface area (Å²) in [4.78, 5) is 17.6. The molecule has 0 atom stereocenters. The first kappa shape index (κ1) is 23.3. The first-order valence-electron chi connectivity index (χ1n) is 9.40. The molecule has 1 aliphatic heterocycles. The number of hydrogen-bond acceptors (Lipinski definition) is 6. The Labute approximate surface area is 181 Å². The molecule has 1 aliphatic rings. The van der Waals surface area contributed by atoms with Gasteiger partial charge in [-0.2, -0.15) is 18.2 Å². The minimum Gasteiger partial charge on any atom is -0.340 e. The van der Waals surface area contributed by atoms with Crippen molar-refractivity contribution in [1.82, 2.24) is 19.9 Å². The fourth-order valence-corrected chi connectivity index (χ4v) is 4.29. The van der Waals surface area contributed by atoms with Crippen molar-refractivity contribution < 1.29 is 26.4 Å². The van der Waals surface area contributed by atoms with E-state index in [2.05, 4.69) is 25.2 Å². The topological polar surface area (TPSA) is 120 Å². The number of nitrogens with zero attached hydrogens (tertiary/aromatic N) is 3. The molecule has 170 valence electrons. The lowest BCUT2D eigenvalue weighted by atomic mass is 10.1. The number of H-pyrrole nitrogens is 1. The van der Waals surface area contributed by atoms with Crippen LogP contribution in [0.2, 0.25) is 5.02 Å². The first-order chi connectivity index (χ1) is 14.6. The van der Waals surface area contributed by atoms with Crippen LogP contribution in [0.3, 0.4) is 0 Å². The van der Waals surface area contributed by atoms with Gasteiger partial charge in [-0.05, 0) is 37.5 Å². The Morgan fingerprint density at radius 2 is 1.94 bits per heavy atom. The number of alkyl halides is 3. The number of rotatable bonds is 7. The maximum atomic E-state index is 12.9.